The summed E-state index contributed by atoms with van der Waals surface area (Å²) in [6.07, 6.45) is 1.65. The minimum atomic E-state index is -3.72. The zero-order chi connectivity index (χ0) is 23.4. The van der Waals surface area contributed by atoms with Gasteiger partial charge in [0.1, 0.15) is 0 Å². The molecule has 2 aromatic carbocycles. The number of piperidine rings is 1. The molecule has 0 aromatic heterocycles. The van der Waals surface area contributed by atoms with Crippen LogP contribution >= 0.6 is 11.6 Å². The van der Waals surface area contributed by atoms with E-state index in [0.717, 1.165) is 5.56 Å². The van der Waals surface area contributed by atoms with Crippen molar-refractivity contribution in [1.29, 1.82) is 0 Å². The number of hydrogen-bond donors (Lipinski definition) is 2. The van der Waals surface area contributed by atoms with Crippen LogP contribution in [-0.2, 0) is 31.8 Å². The number of aliphatic hydroxyl groups excluding tert-OH is 1. The lowest BCUT2D eigenvalue weighted by molar-refractivity contribution is -0.136. The Bertz CT molecular complexity index is 1110. The highest BCUT2D eigenvalue weighted by molar-refractivity contribution is 7.88. The molecule has 1 saturated heterocycles. The molecule has 0 amide bonds. The molecule has 2 aromatic rings. The fourth-order valence-corrected chi connectivity index (χ4v) is 5.74. The third kappa shape index (κ3) is 5.76. The maximum Gasteiger partial charge on any atom is 0.371 e. The first kappa shape index (κ1) is 24.0. The number of allylic oxidation sites excluding steroid dienone is 1. The predicted octanol–water partition coefficient (Wildman–Crippen LogP) is 3.59. The van der Waals surface area contributed by atoms with Gasteiger partial charge in [-0.25, -0.2) is 17.5 Å². The zero-order valence-electron chi connectivity index (χ0n) is 17.3. The SMILES string of the molecule is O=C(O)/C(O)=C/C(=O)C1(Cc2ccc(Cl)cc2)CCCN(S(=O)(=O)Cc2ccccc2)C1. The fourth-order valence-electron chi connectivity index (χ4n) is 3.97. The van der Waals surface area contributed by atoms with Crippen LogP contribution in [0.5, 0.6) is 0 Å². The lowest BCUT2D eigenvalue weighted by Gasteiger charge is -2.41. The molecule has 0 spiro atoms. The summed E-state index contributed by atoms with van der Waals surface area (Å²) in [5.74, 6) is -3.51. The van der Waals surface area contributed by atoms with Gasteiger partial charge in [0, 0.05) is 24.2 Å². The number of nitrogens with zero attached hydrogens (tertiary/aromatic N) is 1. The van der Waals surface area contributed by atoms with Crippen LogP contribution in [0.25, 0.3) is 0 Å². The maximum atomic E-state index is 13.2. The van der Waals surface area contributed by atoms with E-state index in [1.165, 1.54) is 4.31 Å². The number of aliphatic hydroxyl groups is 1. The Morgan fingerprint density at radius 2 is 1.69 bits per heavy atom. The van der Waals surface area contributed by atoms with Crippen LogP contribution in [0.15, 0.2) is 66.4 Å². The van der Waals surface area contributed by atoms with E-state index in [2.05, 4.69) is 0 Å². The number of hydrogen-bond acceptors (Lipinski definition) is 5. The highest BCUT2D eigenvalue weighted by atomic mass is 35.5. The van der Waals surface area contributed by atoms with Crippen LogP contribution in [0.3, 0.4) is 0 Å². The van der Waals surface area contributed by atoms with Gasteiger partial charge in [-0.1, -0.05) is 54.1 Å². The number of carboxylic acid groups (broad SMARTS) is 1. The van der Waals surface area contributed by atoms with Crippen molar-refractivity contribution in [1.82, 2.24) is 4.31 Å². The van der Waals surface area contributed by atoms with Crippen LogP contribution in [0, 0.1) is 5.41 Å². The molecule has 0 aliphatic carbocycles. The quantitative estimate of drug-likeness (QED) is 0.444. The standard InChI is InChI=1S/C23H24ClNO6S/c24-19-9-7-17(8-10-19)14-23(21(27)13-20(26)22(28)29)11-4-12-25(16-23)32(30,31)15-18-5-2-1-3-6-18/h1-3,5-10,13,26H,4,11-12,14-16H2,(H,28,29)/b20-13-. The van der Waals surface area contributed by atoms with E-state index < -0.39 is 32.9 Å². The molecule has 1 unspecified atom stereocenters. The molecule has 1 atom stereocenters. The Hall–Kier alpha value is -2.68. The molecule has 0 radical (unpaired) electrons. The molecule has 9 heteroatoms. The summed E-state index contributed by atoms with van der Waals surface area (Å²) < 4.78 is 27.6. The Balaban J connectivity index is 1.94. The first-order chi connectivity index (χ1) is 15.1. The Morgan fingerprint density at radius 3 is 2.31 bits per heavy atom. The minimum absolute atomic E-state index is 0.104. The number of aliphatic carboxylic acids is 1. The highest BCUT2D eigenvalue weighted by Gasteiger charge is 2.44. The maximum absolute atomic E-state index is 13.2. The number of carbonyl (C=O) groups is 2. The second kappa shape index (κ2) is 9.85. The number of benzene rings is 2. The van der Waals surface area contributed by atoms with Crippen LogP contribution in [0.2, 0.25) is 5.02 Å². The number of ketones is 1. The Morgan fingerprint density at radius 1 is 1.03 bits per heavy atom. The van der Waals surface area contributed by atoms with Crippen molar-refractivity contribution in [2.45, 2.75) is 25.0 Å². The van der Waals surface area contributed by atoms with Crippen LogP contribution in [0.4, 0.5) is 0 Å². The molecule has 1 aliphatic rings. The first-order valence-electron chi connectivity index (χ1n) is 10.1. The second-order valence-electron chi connectivity index (χ2n) is 7.96. The van der Waals surface area contributed by atoms with Gasteiger partial charge < -0.3 is 10.2 Å². The number of sulfonamides is 1. The van der Waals surface area contributed by atoms with E-state index in [4.69, 9.17) is 16.7 Å². The van der Waals surface area contributed by atoms with E-state index in [-0.39, 0.29) is 25.3 Å². The van der Waals surface area contributed by atoms with E-state index in [0.29, 0.717) is 29.5 Å². The topological polar surface area (TPSA) is 112 Å². The van der Waals surface area contributed by atoms with Gasteiger partial charge in [0.25, 0.3) is 0 Å². The smallest absolute Gasteiger partial charge is 0.371 e. The molecule has 32 heavy (non-hydrogen) atoms. The van der Waals surface area contributed by atoms with Crippen LogP contribution in [-0.4, -0.2) is 47.8 Å². The van der Waals surface area contributed by atoms with Crippen molar-refractivity contribution >= 4 is 33.4 Å². The van der Waals surface area contributed by atoms with Crippen LogP contribution < -0.4 is 0 Å². The van der Waals surface area contributed by atoms with Gasteiger partial charge in [0.2, 0.25) is 15.8 Å². The molecule has 0 bridgehead atoms. The fraction of sp³-hybridized carbons (Fsp3) is 0.304. The van der Waals surface area contributed by atoms with Gasteiger partial charge in [-0.2, -0.15) is 0 Å². The number of carboxylic acids is 1. The highest BCUT2D eigenvalue weighted by Crippen LogP contribution is 2.37. The minimum Gasteiger partial charge on any atom is -0.502 e. The number of rotatable bonds is 8. The molecule has 1 heterocycles. The summed E-state index contributed by atoms with van der Waals surface area (Å²) in [7, 11) is -3.72. The summed E-state index contributed by atoms with van der Waals surface area (Å²) in [6, 6.07) is 15.6. The molecule has 7 nitrogen and oxygen atoms in total. The van der Waals surface area contributed by atoms with Crippen molar-refractivity contribution in [2.24, 2.45) is 5.41 Å². The normalized spacial score (nSPS) is 20.1. The molecular weight excluding hydrogens is 454 g/mol. The monoisotopic (exact) mass is 477 g/mol. The lowest BCUT2D eigenvalue weighted by atomic mass is 9.72. The van der Waals surface area contributed by atoms with E-state index in [9.17, 15) is 23.1 Å². The Kier molecular flexibility index (Phi) is 7.38. The van der Waals surface area contributed by atoms with Crippen LogP contribution in [0.1, 0.15) is 24.0 Å². The van der Waals surface area contributed by atoms with E-state index in [1.54, 1.807) is 54.6 Å². The van der Waals surface area contributed by atoms with Crippen molar-refractivity contribution < 1.29 is 28.2 Å². The van der Waals surface area contributed by atoms with Crippen molar-refractivity contribution in [3.8, 4) is 0 Å². The second-order valence-corrected chi connectivity index (χ2v) is 10.4. The van der Waals surface area contributed by atoms with Gasteiger partial charge in [-0.15, -0.1) is 0 Å². The molecule has 170 valence electrons. The molecular formula is C23H24ClNO6S. The molecule has 1 fully saturated rings. The molecule has 3 rings (SSSR count). The molecule has 1 aliphatic heterocycles. The van der Waals surface area contributed by atoms with Gasteiger partial charge in [-0.3, -0.25) is 4.79 Å². The average molecular weight is 478 g/mol. The summed E-state index contributed by atoms with van der Waals surface area (Å²) >= 11 is 5.95. The van der Waals surface area contributed by atoms with Crippen molar-refractivity contribution in [2.75, 3.05) is 13.1 Å². The van der Waals surface area contributed by atoms with Crippen molar-refractivity contribution in [3.05, 3.63) is 82.6 Å². The van der Waals surface area contributed by atoms with Crippen molar-refractivity contribution in [3.63, 3.8) is 0 Å². The first-order valence-corrected chi connectivity index (χ1v) is 12.0. The molecule has 2 N–H and O–H groups in total. The summed E-state index contributed by atoms with van der Waals surface area (Å²) in [4.78, 5) is 24.2. The number of carbonyl (C=O) groups excluding carboxylic acids is 1. The van der Waals surface area contributed by atoms with Gasteiger partial charge in [0.15, 0.2) is 5.78 Å². The third-order valence-electron chi connectivity index (χ3n) is 5.59. The van der Waals surface area contributed by atoms with Gasteiger partial charge in [0.05, 0.1) is 11.2 Å². The van der Waals surface area contributed by atoms with E-state index >= 15 is 0 Å². The van der Waals surface area contributed by atoms with Gasteiger partial charge >= 0.3 is 5.97 Å². The lowest BCUT2D eigenvalue weighted by Crippen LogP contribution is -2.51. The third-order valence-corrected chi connectivity index (χ3v) is 7.64. The zero-order valence-corrected chi connectivity index (χ0v) is 18.8. The van der Waals surface area contributed by atoms with E-state index in [1.807, 2.05) is 0 Å². The average Bonchev–Trinajstić information content (AvgIpc) is 2.76. The summed E-state index contributed by atoms with van der Waals surface area (Å²) in [5.41, 5.74) is 0.184. The Labute approximate surface area is 192 Å². The summed E-state index contributed by atoms with van der Waals surface area (Å²) in [5, 5.41) is 19.2. The summed E-state index contributed by atoms with van der Waals surface area (Å²) in [6.45, 7) is 0.159. The number of halogens is 1. The predicted molar refractivity (Wildman–Crippen MR) is 121 cm³/mol. The van der Waals surface area contributed by atoms with Gasteiger partial charge in [-0.05, 0) is 42.5 Å². The largest absolute Gasteiger partial charge is 0.502 e. The molecule has 0 saturated carbocycles.